The number of hydrogen-bond donors (Lipinski definition) is 1. The molecule has 0 aliphatic rings. The molecule has 0 radical (unpaired) electrons. The van der Waals surface area contributed by atoms with Crippen molar-refractivity contribution in [3.8, 4) is 0 Å². The minimum absolute atomic E-state index is 0.233. The highest BCUT2D eigenvalue weighted by atomic mass is 16.6. The van der Waals surface area contributed by atoms with Gasteiger partial charge >= 0.3 is 12.1 Å². The minimum atomic E-state index is -0.535. The van der Waals surface area contributed by atoms with Crippen molar-refractivity contribution < 1.29 is 19.1 Å². The Morgan fingerprint density at radius 1 is 1.14 bits per heavy atom. The van der Waals surface area contributed by atoms with Crippen LogP contribution in [0.3, 0.4) is 0 Å². The van der Waals surface area contributed by atoms with Gasteiger partial charge in [-0.25, -0.2) is 4.79 Å². The van der Waals surface area contributed by atoms with Crippen LogP contribution in [0.5, 0.6) is 0 Å². The van der Waals surface area contributed by atoms with Crippen LogP contribution in [0, 0.1) is 0 Å². The Balaban J connectivity index is 2.46. The third-order valence-corrected chi connectivity index (χ3v) is 2.71. The number of ether oxygens (including phenoxy) is 2. The van der Waals surface area contributed by atoms with Gasteiger partial charge in [0, 0.05) is 5.69 Å². The fourth-order valence-electron chi connectivity index (χ4n) is 1.68. The average molecular weight is 307 g/mol. The van der Waals surface area contributed by atoms with Gasteiger partial charge in [-0.15, -0.1) is 0 Å². The van der Waals surface area contributed by atoms with E-state index in [-0.39, 0.29) is 12.4 Å². The van der Waals surface area contributed by atoms with Crippen molar-refractivity contribution in [2.24, 2.45) is 0 Å². The van der Waals surface area contributed by atoms with Crippen LogP contribution < -0.4 is 5.32 Å². The summed E-state index contributed by atoms with van der Waals surface area (Å²) in [5.74, 6) is -0.235. The summed E-state index contributed by atoms with van der Waals surface area (Å²) >= 11 is 0. The zero-order valence-electron chi connectivity index (χ0n) is 13.8. The van der Waals surface area contributed by atoms with Crippen LogP contribution in [-0.4, -0.2) is 24.3 Å². The number of esters is 1. The Morgan fingerprint density at radius 3 is 2.32 bits per heavy atom. The molecule has 0 fully saturated rings. The lowest BCUT2D eigenvalue weighted by molar-refractivity contribution is -0.142. The normalized spacial score (nSPS) is 10.9. The van der Waals surface area contributed by atoms with Crippen LogP contribution in [0.15, 0.2) is 24.3 Å². The van der Waals surface area contributed by atoms with E-state index in [4.69, 9.17) is 9.47 Å². The molecular formula is C17H25NO4. The van der Waals surface area contributed by atoms with E-state index in [1.54, 1.807) is 45.0 Å². The summed E-state index contributed by atoms with van der Waals surface area (Å²) < 4.78 is 10.3. The number of carbonyl (C=O) groups is 2. The largest absolute Gasteiger partial charge is 0.465 e. The summed E-state index contributed by atoms with van der Waals surface area (Å²) in [7, 11) is 0. The molecule has 22 heavy (non-hydrogen) atoms. The number of nitrogens with one attached hydrogen (secondary N) is 1. The molecule has 0 atom stereocenters. The van der Waals surface area contributed by atoms with Crippen molar-refractivity contribution in [3.63, 3.8) is 0 Å². The van der Waals surface area contributed by atoms with Gasteiger partial charge in [0.25, 0.3) is 0 Å². The van der Waals surface area contributed by atoms with E-state index < -0.39 is 11.7 Å². The second-order valence-corrected chi connectivity index (χ2v) is 6.07. The lowest BCUT2D eigenvalue weighted by Gasteiger charge is -2.19. The summed E-state index contributed by atoms with van der Waals surface area (Å²) in [6.45, 7) is 7.93. The molecule has 0 saturated carbocycles. The zero-order chi connectivity index (χ0) is 16.6. The van der Waals surface area contributed by atoms with Gasteiger partial charge in [-0.3, -0.25) is 10.1 Å². The Labute approximate surface area is 132 Å². The highest BCUT2D eigenvalue weighted by Crippen LogP contribution is 2.13. The van der Waals surface area contributed by atoms with Crippen LogP contribution in [0.2, 0.25) is 0 Å². The SMILES string of the molecule is CCCCOC(=O)Cc1ccc(NC(=O)OC(C)(C)C)cc1. The molecule has 1 aromatic carbocycles. The Bertz CT molecular complexity index is 488. The molecule has 0 spiro atoms. The Kier molecular flexibility index (Phi) is 6.89. The van der Waals surface area contributed by atoms with Crippen molar-refractivity contribution in [2.45, 2.75) is 52.6 Å². The number of anilines is 1. The zero-order valence-corrected chi connectivity index (χ0v) is 13.8. The monoisotopic (exact) mass is 307 g/mol. The number of unbranched alkanes of at least 4 members (excludes halogenated alkanes) is 1. The van der Waals surface area contributed by atoms with E-state index in [9.17, 15) is 9.59 Å². The van der Waals surface area contributed by atoms with E-state index in [0.717, 1.165) is 18.4 Å². The Hall–Kier alpha value is -2.04. The number of rotatable bonds is 6. The van der Waals surface area contributed by atoms with Gasteiger partial charge in [-0.1, -0.05) is 25.5 Å². The molecule has 1 N–H and O–H groups in total. The van der Waals surface area contributed by atoms with Crippen LogP contribution in [0.4, 0.5) is 10.5 Å². The Morgan fingerprint density at radius 2 is 1.77 bits per heavy atom. The average Bonchev–Trinajstić information content (AvgIpc) is 2.39. The van der Waals surface area contributed by atoms with E-state index in [0.29, 0.717) is 12.3 Å². The third kappa shape index (κ3) is 7.67. The number of hydrogen-bond acceptors (Lipinski definition) is 4. The first kappa shape index (κ1) is 18.0. The van der Waals surface area contributed by atoms with Gasteiger partial charge in [-0.05, 0) is 44.9 Å². The summed E-state index contributed by atoms with van der Waals surface area (Å²) in [6, 6.07) is 7.04. The van der Waals surface area contributed by atoms with Gasteiger partial charge in [0.05, 0.1) is 13.0 Å². The van der Waals surface area contributed by atoms with Crippen molar-refractivity contribution >= 4 is 17.7 Å². The molecule has 0 saturated heterocycles. The summed E-state index contributed by atoms with van der Waals surface area (Å²) in [5, 5.41) is 2.64. The van der Waals surface area contributed by atoms with Crippen molar-refractivity contribution in [1.82, 2.24) is 0 Å². The predicted molar refractivity (Wildman–Crippen MR) is 85.9 cm³/mol. The molecule has 5 nitrogen and oxygen atoms in total. The van der Waals surface area contributed by atoms with Gasteiger partial charge in [0.15, 0.2) is 0 Å². The second kappa shape index (κ2) is 8.41. The lowest BCUT2D eigenvalue weighted by atomic mass is 10.1. The summed E-state index contributed by atoms with van der Waals surface area (Å²) in [5.41, 5.74) is 0.931. The van der Waals surface area contributed by atoms with Crippen LogP contribution >= 0.6 is 0 Å². The summed E-state index contributed by atoms with van der Waals surface area (Å²) in [6.07, 6.45) is 1.61. The van der Waals surface area contributed by atoms with Crippen molar-refractivity contribution in [2.75, 3.05) is 11.9 Å². The van der Waals surface area contributed by atoms with E-state index in [2.05, 4.69) is 5.32 Å². The van der Waals surface area contributed by atoms with Gasteiger partial charge < -0.3 is 9.47 Å². The molecular weight excluding hydrogens is 282 g/mol. The standard InChI is InChI=1S/C17H25NO4/c1-5-6-11-21-15(19)12-13-7-9-14(10-8-13)18-16(20)22-17(2,3)4/h7-10H,5-6,11-12H2,1-4H3,(H,18,20). The smallest absolute Gasteiger partial charge is 0.412 e. The molecule has 0 bridgehead atoms. The van der Waals surface area contributed by atoms with Crippen LogP contribution in [0.1, 0.15) is 46.1 Å². The van der Waals surface area contributed by atoms with Crippen LogP contribution in [-0.2, 0) is 20.7 Å². The predicted octanol–water partition coefficient (Wildman–Crippen LogP) is 3.92. The minimum Gasteiger partial charge on any atom is -0.465 e. The maximum atomic E-state index is 11.6. The second-order valence-electron chi connectivity index (χ2n) is 6.07. The first-order valence-corrected chi connectivity index (χ1v) is 7.54. The molecule has 0 heterocycles. The maximum absolute atomic E-state index is 11.6. The van der Waals surface area contributed by atoms with Gasteiger partial charge in [0.1, 0.15) is 5.60 Å². The topological polar surface area (TPSA) is 64.6 Å². The quantitative estimate of drug-likeness (QED) is 0.639. The van der Waals surface area contributed by atoms with E-state index in [1.165, 1.54) is 0 Å². The molecule has 0 aliphatic carbocycles. The van der Waals surface area contributed by atoms with Crippen molar-refractivity contribution in [3.05, 3.63) is 29.8 Å². The lowest BCUT2D eigenvalue weighted by Crippen LogP contribution is -2.27. The number of amides is 1. The van der Waals surface area contributed by atoms with Gasteiger partial charge in [0.2, 0.25) is 0 Å². The first-order chi connectivity index (χ1) is 10.3. The molecule has 1 aromatic rings. The number of benzene rings is 1. The number of carbonyl (C=O) groups excluding carboxylic acids is 2. The molecule has 1 rings (SSSR count). The van der Waals surface area contributed by atoms with Crippen LogP contribution in [0.25, 0.3) is 0 Å². The fraction of sp³-hybridized carbons (Fsp3) is 0.529. The van der Waals surface area contributed by atoms with E-state index >= 15 is 0 Å². The molecule has 122 valence electrons. The first-order valence-electron chi connectivity index (χ1n) is 7.54. The highest BCUT2D eigenvalue weighted by Gasteiger charge is 2.16. The molecule has 0 aliphatic heterocycles. The van der Waals surface area contributed by atoms with Gasteiger partial charge in [-0.2, -0.15) is 0 Å². The molecule has 0 aromatic heterocycles. The fourth-order valence-corrected chi connectivity index (χ4v) is 1.68. The van der Waals surface area contributed by atoms with E-state index in [1.807, 2.05) is 6.92 Å². The molecule has 1 amide bonds. The molecule has 0 unspecified atom stereocenters. The highest BCUT2D eigenvalue weighted by molar-refractivity contribution is 5.85. The third-order valence-electron chi connectivity index (χ3n) is 2.71. The summed E-state index contributed by atoms with van der Waals surface area (Å²) in [4.78, 5) is 23.2. The van der Waals surface area contributed by atoms with Crippen molar-refractivity contribution in [1.29, 1.82) is 0 Å². The maximum Gasteiger partial charge on any atom is 0.412 e. The molecule has 5 heteroatoms.